The van der Waals surface area contributed by atoms with Crippen LogP contribution in [0, 0.1) is 11.8 Å². The highest BCUT2D eigenvalue weighted by molar-refractivity contribution is 7.99. The summed E-state index contributed by atoms with van der Waals surface area (Å²) in [4.78, 5) is 16.6. The molecule has 0 radical (unpaired) electrons. The van der Waals surface area contributed by atoms with Crippen molar-refractivity contribution in [2.24, 2.45) is 0 Å². The summed E-state index contributed by atoms with van der Waals surface area (Å²) < 4.78 is 26.5. The number of thioether (sulfide) groups is 1. The van der Waals surface area contributed by atoms with Crippen LogP contribution in [0.1, 0.15) is 28.5 Å². The van der Waals surface area contributed by atoms with E-state index in [1.54, 1.807) is 17.8 Å². The van der Waals surface area contributed by atoms with Crippen molar-refractivity contribution in [1.82, 2.24) is 10.3 Å². The van der Waals surface area contributed by atoms with Crippen LogP contribution in [-0.4, -0.2) is 16.6 Å². The van der Waals surface area contributed by atoms with Crippen LogP contribution < -0.4 is 5.32 Å². The van der Waals surface area contributed by atoms with Gasteiger partial charge in [0.05, 0.1) is 6.04 Å². The van der Waals surface area contributed by atoms with Gasteiger partial charge in [0.15, 0.2) is 0 Å². The number of pyridine rings is 1. The Balaban J connectivity index is 1.83. The predicted octanol–water partition coefficient (Wildman–Crippen LogP) is 3.33. The molecule has 1 unspecified atom stereocenters. The summed E-state index contributed by atoms with van der Waals surface area (Å²) in [6.45, 7) is 0. The Labute approximate surface area is 124 Å². The molecule has 21 heavy (non-hydrogen) atoms. The Bertz CT molecular complexity index is 693. The first-order valence-electron chi connectivity index (χ1n) is 6.49. The monoisotopic (exact) mass is 306 g/mol. The van der Waals surface area contributed by atoms with Crippen molar-refractivity contribution in [2.75, 3.05) is 5.75 Å². The molecule has 2 aromatic rings. The number of aromatic nitrogens is 1. The van der Waals surface area contributed by atoms with Crippen molar-refractivity contribution in [2.45, 2.75) is 17.4 Å². The van der Waals surface area contributed by atoms with Gasteiger partial charge in [0.2, 0.25) is 5.95 Å². The van der Waals surface area contributed by atoms with Crippen LogP contribution in [0.25, 0.3) is 0 Å². The molecule has 1 aromatic carbocycles. The average molecular weight is 306 g/mol. The summed E-state index contributed by atoms with van der Waals surface area (Å²) in [6.07, 6.45) is 0.697. The second kappa shape index (κ2) is 5.81. The number of fused-ring (bicyclic) bond motifs is 1. The van der Waals surface area contributed by atoms with Crippen LogP contribution in [0.4, 0.5) is 8.78 Å². The molecule has 0 bridgehead atoms. The number of nitrogens with one attached hydrogen (secondary N) is 1. The minimum absolute atomic E-state index is 0.0196. The minimum atomic E-state index is -0.701. The minimum Gasteiger partial charge on any atom is -0.344 e. The molecule has 1 aliphatic heterocycles. The van der Waals surface area contributed by atoms with Crippen LogP contribution in [-0.2, 0) is 0 Å². The zero-order valence-corrected chi connectivity index (χ0v) is 11.8. The lowest BCUT2D eigenvalue weighted by atomic mass is 10.0. The molecule has 0 fully saturated rings. The number of benzene rings is 1. The van der Waals surface area contributed by atoms with E-state index in [-0.39, 0.29) is 17.6 Å². The highest BCUT2D eigenvalue weighted by Gasteiger charge is 2.23. The van der Waals surface area contributed by atoms with Crippen molar-refractivity contribution in [3.63, 3.8) is 0 Å². The van der Waals surface area contributed by atoms with Crippen LogP contribution >= 0.6 is 11.8 Å². The summed E-state index contributed by atoms with van der Waals surface area (Å²) in [5.74, 6) is -0.658. The molecular formula is C15H12F2N2OS. The van der Waals surface area contributed by atoms with Gasteiger partial charge in [-0.25, -0.2) is 9.37 Å². The number of rotatable bonds is 2. The Kier molecular flexibility index (Phi) is 3.88. The fraction of sp³-hybridized carbons (Fsp3) is 0.200. The van der Waals surface area contributed by atoms with E-state index in [1.807, 2.05) is 0 Å². The van der Waals surface area contributed by atoms with E-state index >= 15 is 0 Å². The molecule has 1 N–H and O–H groups in total. The van der Waals surface area contributed by atoms with Crippen molar-refractivity contribution < 1.29 is 13.6 Å². The summed E-state index contributed by atoms with van der Waals surface area (Å²) in [5, 5.41) is 2.80. The zero-order chi connectivity index (χ0) is 14.8. The summed E-state index contributed by atoms with van der Waals surface area (Å²) >= 11 is 1.63. The third-order valence-corrected chi connectivity index (χ3v) is 4.39. The van der Waals surface area contributed by atoms with Gasteiger partial charge in [0, 0.05) is 10.6 Å². The van der Waals surface area contributed by atoms with Crippen LogP contribution in [0.2, 0.25) is 0 Å². The Hall–Kier alpha value is -1.95. The highest BCUT2D eigenvalue weighted by Crippen LogP contribution is 2.36. The van der Waals surface area contributed by atoms with Gasteiger partial charge in [-0.05, 0) is 42.3 Å². The van der Waals surface area contributed by atoms with Gasteiger partial charge in [0.1, 0.15) is 11.5 Å². The molecule has 1 aliphatic rings. The number of amides is 1. The van der Waals surface area contributed by atoms with Crippen LogP contribution in [0.5, 0.6) is 0 Å². The van der Waals surface area contributed by atoms with Crippen molar-refractivity contribution in [3.8, 4) is 0 Å². The SMILES string of the molecule is O=C(NC1CCSc2ccc(F)cc21)c1cccc(F)n1. The molecule has 1 aromatic heterocycles. The van der Waals surface area contributed by atoms with Crippen LogP contribution in [0.15, 0.2) is 41.3 Å². The van der Waals surface area contributed by atoms with E-state index in [0.717, 1.165) is 16.2 Å². The molecule has 0 saturated carbocycles. The Morgan fingerprint density at radius 1 is 1.29 bits per heavy atom. The largest absolute Gasteiger partial charge is 0.344 e. The lowest BCUT2D eigenvalue weighted by molar-refractivity contribution is 0.0928. The molecule has 0 saturated heterocycles. The van der Waals surface area contributed by atoms with Gasteiger partial charge < -0.3 is 5.32 Å². The van der Waals surface area contributed by atoms with Gasteiger partial charge in [-0.3, -0.25) is 4.79 Å². The normalized spacial score (nSPS) is 17.1. The van der Waals surface area contributed by atoms with E-state index in [1.165, 1.54) is 30.3 Å². The molecule has 3 nitrogen and oxygen atoms in total. The highest BCUT2D eigenvalue weighted by atomic mass is 32.2. The Morgan fingerprint density at radius 2 is 2.14 bits per heavy atom. The third-order valence-electron chi connectivity index (χ3n) is 3.26. The van der Waals surface area contributed by atoms with Gasteiger partial charge in [0.25, 0.3) is 5.91 Å². The van der Waals surface area contributed by atoms with Crippen LogP contribution in [0.3, 0.4) is 0 Å². The summed E-state index contributed by atoms with van der Waals surface area (Å²) in [5.41, 5.74) is 0.780. The molecule has 0 aliphatic carbocycles. The molecule has 1 atom stereocenters. The number of halogens is 2. The maximum Gasteiger partial charge on any atom is 0.270 e. The van der Waals surface area contributed by atoms with Crippen molar-refractivity contribution in [3.05, 3.63) is 59.4 Å². The maximum absolute atomic E-state index is 13.4. The Morgan fingerprint density at radius 3 is 2.95 bits per heavy atom. The standard InChI is InChI=1S/C15H12F2N2OS/c16-9-4-5-13-10(8-9)11(6-7-21-13)19-15(20)12-2-1-3-14(17)18-12/h1-5,8,11H,6-7H2,(H,19,20). The third kappa shape index (κ3) is 3.05. The molecule has 0 spiro atoms. The molecule has 3 rings (SSSR count). The lowest BCUT2D eigenvalue weighted by Gasteiger charge is -2.25. The quantitative estimate of drug-likeness (QED) is 0.865. The molecule has 1 amide bonds. The number of hydrogen-bond donors (Lipinski definition) is 1. The number of hydrogen-bond acceptors (Lipinski definition) is 3. The van der Waals surface area contributed by atoms with Gasteiger partial charge in [-0.2, -0.15) is 4.39 Å². The van der Waals surface area contributed by atoms with Gasteiger partial charge >= 0.3 is 0 Å². The first kappa shape index (κ1) is 14.0. The summed E-state index contributed by atoms with van der Waals surface area (Å²) in [7, 11) is 0. The van der Waals surface area contributed by atoms with Gasteiger partial charge in [-0.15, -0.1) is 11.8 Å². The van der Waals surface area contributed by atoms with E-state index in [9.17, 15) is 13.6 Å². The van der Waals surface area contributed by atoms with E-state index in [2.05, 4.69) is 10.3 Å². The lowest BCUT2D eigenvalue weighted by Crippen LogP contribution is -2.31. The number of carbonyl (C=O) groups is 1. The second-order valence-electron chi connectivity index (χ2n) is 4.69. The predicted molar refractivity (Wildman–Crippen MR) is 76.1 cm³/mol. The van der Waals surface area contributed by atoms with E-state index in [4.69, 9.17) is 0 Å². The molecule has 108 valence electrons. The average Bonchev–Trinajstić information content (AvgIpc) is 2.48. The molecular weight excluding hydrogens is 294 g/mol. The van der Waals surface area contributed by atoms with E-state index in [0.29, 0.717) is 6.42 Å². The molecule has 6 heteroatoms. The maximum atomic E-state index is 13.4. The van der Waals surface area contributed by atoms with E-state index < -0.39 is 11.9 Å². The molecule has 2 heterocycles. The fourth-order valence-corrected chi connectivity index (χ4v) is 3.39. The second-order valence-corrected chi connectivity index (χ2v) is 5.83. The first-order valence-corrected chi connectivity index (χ1v) is 7.48. The summed E-state index contributed by atoms with van der Waals surface area (Å²) in [6, 6.07) is 8.33. The van der Waals surface area contributed by atoms with Crippen molar-refractivity contribution in [1.29, 1.82) is 0 Å². The number of carbonyl (C=O) groups excluding carboxylic acids is 1. The fourth-order valence-electron chi connectivity index (χ4n) is 2.28. The number of nitrogens with zero attached hydrogens (tertiary/aromatic N) is 1. The topological polar surface area (TPSA) is 42.0 Å². The smallest absolute Gasteiger partial charge is 0.270 e. The zero-order valence-electron chi connectivity index (χ0n) is 11.0. The van der Waals surface area contributed by atoms with Gasteiger partial charge in [-0.1, -0.05) is 6.07 Å². The first-order chi connectivity index (χ1) is 10.1. The van der Waals surface area contributed by atoms with Crippen molar-refractivity contribution >= 4 is 17.7 Å².